The Balaban J connectivity index is 1.56. The normalized spacial score (nSPS) is 14.4. The van der Waals surface area contributed by atoms with E-state index in [2.05, 4.69) is 38.5 Å². The van der Waals surface area contributed by atoms with E-state index in [1.165, 1.54) is 11.3 Å². The van der Waals surface area contributed by atoms with Crippen LogP contribution in [0.4, 0.5) is 0 Å². The number of aromatic nitrogens is 1. The molecule has 7 nitrogen and oxygen atoms in total. The molecule has 5 aromatic rings. The van der Waals surface area contributed by atoms with Crippen molar-refractivity contribution in [2.24, 2.45) is 4.99 Å². The zero-order chi connectivity index (χ0) is 33.1. The molecule has 11 heteroatoms. The molecular formula is C36H27BrClIN2O5S. The van der Waals surface area contributed by atoms with Gasteiger partial charge in [0, 0.05) is 26.2 Å². The highest BCUT2D eigenvalue weighted by Crippen LogP contribution is 2.36. The van der Waals surface area contributed by atoms with Crippen molar-refractivity contribution in [3.8, 4) is 11.5 Å². The van der Waals surface area contributed by atoms with E-state index in [1.54, 1.807) is 24.7 Å². The van der Waals surface area contributed by atoms with Gasteiger partial charge in [-0.15, -0.1) is 0 Å². The number of halogens is 3. The van der Waals surface area contributed by atoms with E-state index < -0.39 is 12.0 Å². The highest BCUT2D eigenvalue weighted by Gasteiger charge is 2.35. The lowest BCUT2D eigenvalue weighted by Gasteiger charge is -2.26. The Labute approximate surface area is 302 Å². The summed E-state index contributed by atoms with van der Waals surface area (Å²) in [5, 5.41) is 0.611. The van der Waals surface area contributed by atoms with E-state index >= 15 is 0 Å². The van der Waals surface area contributed by atoms with Gasteiger partial charge in [-0.25, -0.2) is 9.79 Å². The summed E-state index contributed by atoms with van der Waals surface area (Å²) in [4.78, 5) is 33.5. The number of benzene rings is 4. The molecule has 0 aliphatic carbocycles. The standard InChI is InChI=1S/C36H27BrClIN2O5S/c1-3-45-35(43)30-31(21-9-5-4-6-10-21)40-36-41(32(30)22-13-15-26(44-2)16-14-22)34(42)29(47-36)18-24-17-25(37)19-28(39)33(24)46-20-23-11-7-8-12-27(23)38/h4-19,32H,3,20H2,1-2H3/b29-18-/t32-/m0/s1. The van der Waals surface area contributed by atoms with Crippen molar-refractivity contribution in [3.05, 3.63) is 152 Å². The molecule has 6 rings (SSSR count). The summed E-state index contributed by atoms with van der Waals surface area (Å²) < 4.78 is 21.0. The molecule has 0 unspecified atom stereocenters. The quantitative estimate of drug-likeness (QED) is 0.113. The van der Waals surface area contributed by atoms with Crippen LogP contribution in [0, 0.1) is 3.57 Å². The van der Waals surface area contributed by atoms with Gasteiger partial charge in [-0.3, -0.25) is 9.36 Å². The first kappa shape index (κ1) is 33.2. The number of nitrogens with zero attached hydrogens (tertiary/aromatic N) is 2. The van der Waals surface area contributed by atoms with Crippen LogP contribution < -0.4 is 24.4 Å². The monoisotopic (exact) mass is 840 g/mol. The maximum atomic E-state index is 14.4. The number of carbonyl (C=O) groups excluding carboxylic acids is 1. The molecule has 1 aliphatic heterocycles. The van der Waals surface area contributed by atoms with E-state index in [1.807, 2.05) is 91.0 Å². The zero-order valence-corrected chi connectivity index (χ0v) is 30.5. The van der Waals surface area contributed by atoms with Crippen LogP contribution in [0.3, 0.4) is 0 Å². The lowest BCUT2D eigenvalue weighted by molar-refractivity contribution is -0.138. The minimum atomic E-state index is -0.799. The van der Waals surface area contributed by atoms with Gasteiger partial charge < -0.3 is 14.2 Å². The summed E-state index contributed by atoms with van der Waals surface area (Å²) in [6.07, 6.45) is 1.81. The third kappa shape index (κ3) is 6.96. The number of methoxy groups -OCH3 is 1. The first-order valence-electron chi connectivity index (χ1n) is 14.6. The van der Waals surface area contributed by atoms with Crippen LogP contribution in [0.25, 0.3) is 11.8 Å². The lowest BCUT2D eigenvalue weighted by Crippen LogP contribution is -2.40. The summed E-state index contributed by atoms with van der Waals surface area (Å²) in [5.74, 6) is 0.727. The molecule has 1 aromatic heterocycles. The number of ether oxygens (including phenoxy) is 3. The van der Waals surface area contributed by atoms with E-state index in [4.69, 9.17) is 30.8 Å². The molecule has 1 aliphatic rings. The summed E-state index contributed by atoms with van der Waals surface area (Å²) in [5.41, 5.74) is 3.44. The van der Waals surface area contributed by atoms with Gasteiger partial charge in [0.15, 0.2) is 4.80 Å². The average Bonchev–Trinajstić information content (AvgIpc) is 3.38. The van der Waals surface area contributed by atoms with Gasteiger partial charge in [0.2, 0.25) is 0 Å². The highest BCUT2D eigenvalue weighted by atomic mass is 127. The third-order valence-corrected chi connectivity index (χ3v) is 10.1. The Kier molecular flexibility index (Phi) is 10.3. The maximum Gasteiger partial charge on any atom is 0.338 e. The zero-order valence-electron chi connectivity index (χ0n) is 25.2. The number of fused-ring (bicyclic) bond motifs is 1. The molecule has 2 heterocycles. The first-order chi connectivity index (χ1) is 22.8. The molecule has 47 heavy (non-hydrogen) atoms. The van der Waals surface area contributed by atoms with E-state index in [0.29, 0.717) is 42.7 Å². The smallest absolute Gasteiger partial charge is 0.338 e. The van der Waals surface area contributed by atoms with Crippen molar-refractivity contribution < 1.29 is 19.0 Å². The lowest BCUT2D eigenvalue weighted by atomic mass is 9.93. The fourth-order valence-corrected chi connectivity index (χ4v) is 8.18. The number of rotatable bonds is 9. The molecule has 1 atom stereocenters. The number of hydrogen-bond donors (Lipinski definition) is 0. The third-order valence-electron chi connectivity index (χ3n) is 7.46. The van der Waals surface area contributed by atoms with Gasteiger partial charge in [-0.1, -0.05) is 99.5 Å². The van der Waals surface area contributed by atoms with E-state index in [9.17, 15) is 9.59 Å². The molecule has 0 radical (unpaired) electrons. The maximum absolute atomic E-state index is 14.4. The molecule has 0 amide bonds. The van der Waals surface area contributed by atoms with Gasteiger partial charge in [0.25, 0.3) is 5.56 Å². The Morgan fingerprint density at radius 2 is 1.79 bits per heavy atom. The average molecular weight is 842 g/mol. The second kappa shape index (κ2) is 14.6. The van der Waals surface area contributed by atoms with Crippen LogP contribution in [-0.4, -0.2) is 24.3 Å². The SMILES string of the molecule is CCOC(=O)C1=C(c2ccccc2)N=c2s/c(=C\c3cc(Br)cc(I)c3OCc3ccccc3Cl)c(=O)n2[C@H]1c1ccc(OC)cc1. The van der Waals surface area contributed by atoms with Crippen LogP contribution in [0.5, 0.6) is 11.5 Å². The Bertz CT molecular complexity index is 2180. The van der Waals surface area contributed by atoms with E-state index in [-0.39, 0.29) is 24.3 Å². The van der Waals surface area contributed by atoms with Crippen molar-refractivity contribution in [3.63, 3.8) is 0 Å². The predicted octanol–water partition coefficient (Wildman–Crippen LogP) is 7.54. The molecule has 0 saturated heterocycles. The van der Waals surface area contributed by atoms with Crippen LogP contribution in [0.15, 0.2) is 111 Å². The van der Waals surface area contributed by atoms with Crippen LogP contribution >= 0.6 is 61.5 Å². The molecule has 0 fully saturated rings. The van der Waals surface area contributed by atoms with Crippen LogP contribution in [0.2, 0.25) is 5.02 Å². The largest absolute Gasteiger partial charge is 0.497 e. The van der Waals surface area contributed by atoms with Gasteiger partial charge in [0.1, 0.15) is 18.1 Å². The van der Waals surface area contributed by atoms with Crippen molar-refractivity contribution in [2.45, 2.75) is 19.6 Å². The van der Waals surface area contributed by atoms with Gasteiger partial charge >= 0.3 is 5.97 Å². The fourth-order valence-electron chi connectivity index (χ4n) is 5.29. The molecule has 0 bridgehead atoms. The number of hydrogen-bond acceptors (Lipinski definition) is 7. The Hall–Kier alpha value is -3.71. The molecular weight excluding hydrogens is 815 g/mol. The minimum absolute atomic E-state index is 0.169. The van der Waals surface area contributed by atoms with E-state index in [0.717, 1.165) is 19.2 Å². The summed E-state index contributed by atoms with van der Waals surface area (Å²) >= 11 is 13.5. The molecule has 0 saturated carbocycles. The molecule has 0 spiro atoms. The summed E-state index contributed by atoms with van der Waals surface area (Å²) in [6.45, 7) is 2.17. The van der Waals surface area contributed by atoms with Crippen molar-refractivity contribution in [2.75, 3.05) is 13.7 Å². The number of thiazole rings is 1. The summed E-state index contributed by atoms with van der Waals surface area (Å²) in [6, 6.07) is 27.3. The fraction of sp³-hybridized carbons (Fsp3) is 0.139. The van der Waals surface area contributed by atoms with Gasteiger partial charge in [0.05, 0.1) is 39.1 Å². The Morgan fingerprint density at radius 1 is 1.06 bits per heavy atom. The molecule has 4 aromatic carbocycles. The van der Waals surface area contributed by atoms with Gasteiger partial charge in [-0.05, 0) is 71.5 Å². The van der Waals surface area contributed by atoms with Crippen LogP contribution in [0.1, 0.15) is 35.2 Å². The topological polar surface area (TPSA) is 79.1 Å². The van der Waals surface area contributed by atoms with Crippen molar-refractivity contribution in [1.29, 1.82) is 0 Å². The predicted molar refractivity (Wildman–Crippen MR) is 197 cm³/mol. The van der Waals surface area contributed by atoms with Crippen molar-refractivity contribution >= 4 is 79.2 Å². The second-order valence-corrected chi connectivity index (χ2v) is 13.9. The second-order valence-electron chi connectivity index (χ2n) is 10.4. The molecule has 0 N–H and O–H groups in total. The first-order valence-corrected chi connectivity index (χ1v) is 17.6. The number of carbonyl (C=O) groups is 1. The van der Waals surface area contributed by atoms with Gasteiger partial charge in [-0.2, -0.15) is 0 Å². The highest BCUT2D eigenvalue weighted by molar-refractivity contribution is 14.1. The minimum Gasteiger partial charge on any atom is -0.497 e. The summed E-state index contributed by atoms with van der Waals surface area (Å²) in [7, 11) is 1.59. The van der Waals surface area contributed by atoms with Crippen molar-refractivity contribution in [1.82, 2.24) is 4.57 Å². The number of esters is 1. The Morgan fingerprint density at radius 3 is 2.49 bits per heavy atom. The molecule has 238 valence electrons. The van der Waals surface area contributed by atoms with Crippen LogP contribution in [-0.2, 0) is 16.1 Å².